The van der Waals surface area contributed by atoms with Crippen LogP contribution in [0.25, 0.3) is 6.08 Å². The highest BCUT2D eigenvalue weighted by atomic mass is 16.4. The summed E-state index contributed by atoms with van der Waals surface area (Å²) < 4.78 is 0. The lowest BCUT2D eigenvalue weighted by Crippen LogP contribution is -2.30. The second kappa shape index (κ2) is 5.87. The lowest BCUT2D eigenvalue weighted by molar-refractivity contribution is -0.131. The van der Waals surface area contributed by atoms with Gasteiger partial charge in [-0.3, -0.25) is 0 Å². The maximum Gasteiger partial charge on any atom is 0.328 e. The molecule has 1 N–H and O–H groups in total. The maximum atomic E-state index is 10.5. The second-order valence-corrected chi connectivity index (χ2v) is 5.40. The average molecular weight is 260 g/mol. The van der Waals surface area contributed by atoms with Crippen molar-refractivity contribution in [2.45, 2.75) is 32.7 Å². The third kappa shape index (κ3) is 4.09. The number of hydrogen-bond acceptors (Lipinski definition) is 3. The minimum Gasteiger partial charge on any atom is -0.478 e. The number of nitrogens with zero attached hydrogens (tertiary/aromatic N) is 2. The number of aliphatic carboxylic acids is 1. The molecule has 4 nitrogen and oxygen atoms in total. The van der Waals surface area contributed by atoms with E-state index in [0.717, 1.165) is 24.0 Å². The summed E-state index contributed by atoms with van der Waals surface area (Å²) in [5.74, 6) is 0.654. The molecule has 1 aliphatic rings. The zero-order valence-corrected chi connectivity index (χ0v) is 11.4. The first-order chi connectivity index (χ1) is 9.06. The van der Waals surface area contributed by atoms with E-state index >= 15 is 0 Å². The van der Waals surface area contributed by atoms with E-state index < -0.39 is 5.97 Å². The van der Waals surface area contributed by atoms with Crippen LogP contribution in [0.15, 0.2) is 24.4 Å². The number of carbonyl (C=O) groups is 1. The van der Waals surface area contributed by atoms with E-state index in [1.54, 1.807) is 12.3 Å². The molecule has 1 aromatic heterocycles. The van der Waals surface area contributed by atoms with Crippen molar-refractivity contribution >= 4 is 17.9 Å². The van der Waals surface area contributed by atoms with Crippen molar-refractivity contribution in [3.63, 3.8) is 0 Å². The number of carboxylic acids is 1. The Morgan fingerprint density at radius 2 is 2.26 bits per heavy atom. The largest absolute Gasteiger partial charge is 0.478 e. The SMILES string of the molecule is CC(C)CN(c1ccc(/C=C/C(=O)O)cn1)C1CC1. The van der Waals surface area contributed by atoms with Gasteiger partial charge in [-0.25, -0.2) is 9.78 Å². The summed E-state index contributed by atoms with van der Waals surface area (Å²) >= 11 is 0. The number of anilines is 1. The fourth-order valence-electron chi connectivity index (χ4n) is 2.04. The van der Waals surface area contributed by atoms with Crippen molar-refractivity contribution in [2.24, 2.45) is 5.92 Å². The van der Waals surface area contributed by atoms with Gasteiger partial charge in [0, 0.05) is 24.9 Å². The van der Waals surface area contributed by atoms with Gasteiger partial charge >= 0.3 is 5.97 Å². The zero-order valence-electron chi connectivity index (χ0n) is 11.4. The first-order valence-corrected chi connectivity index (χ1v) is 6.70. The van der Waals surface area contributed by atoms with Gasteiger partial charge in [-0.2, -0.15) is 0 Å². The lowest BCUT2D eigenvalue weighted by Gasteiger charge is -2.25. The summed E-state index contributed by atoms with van der Waals surface area (Å²) in [6.45, 7) is 5.43. The summed E-state index contributed by atoms with van der Waals surface area (Å²) in [4.78, 5) is 17.3. The monoisotopic (exact) mass is 260 g/mol. The fraction of sp³-hybridized carbons (Fsp3) is 0.467. The maximum absolute atomic E-state index is 10.5. The highest BCUT2D eigenvalue weighted by Crippen LogP contribution is 2.31. The van der Waals surface area contributed by atoms with Crippen LogP contribution in [-0.2, 0) is 4.79 Å². The minimum atomic E-state index is -0.941. The highest BCUT2D eigenvalue weighted by Gasteiger charge is 2.30. The summed E-state index contributed by atoms with van der Waals surface area (Å²) in [6, 6.07) is 4.52. The average Bonchev–Trinajstić information content (AvgIpc) is 3.18. The van der Waals surface area contributed by atoms with E-state index in [-0.39, 0.29) is 0 Å². The normalized spacial score (nSPS) is 15.1. The molecule has 0 radical (unpaired) electrons. The van der Waals surface area contributed by atoms with Crippen molar-refractivity contribution in [1.82, 2.24) is 4.98 Å². The van der Waals surface area contributed by atoms with Gasteiger partial charge < -0.3 is 10.0 Å². The Hall–Kier alpha value is -1.84. The molecule has 1 heterocycles. The van der Waals surface area contributed by atoms with Crippen molar-refractivity contribution in [3.05, 3.63) is 30.0 Å². The molecule has 1 aliphatic carbocycles. The molecule has 0 spiro atoms. The fourth-order valence-corrected chi connectivity index (χ4v) is 2.04. The van der Waals surface area contributed by atoms with Crippen LogP contribution in [0.2, 0.25) is 0 Å². The molecule has 1 fully saturated rings. The van der Waals surface area contributed by atoms with Crippen LogP contribution in [-0.4, -0.2) is 28.6 Å². The molecule has 19 heavy (non-hydrogen) atoms. The predicted octanol–water partition coefficient (Wildman–Crippen LogP) is 2.80. The smallest absolute Gasteiger partial charge is 0.328 e. The molecule has 0 bridgehead atoms. The van der Waals surface area contributed by atoms with E-state index in [9.17, 15) is 4.79 Å². The standard InChI is InChI=1S/C15H20N2O2/c1-11(2)10-17(13-5-6-13)14-7-3-12(9-16-14)4-8-15(18)19/h3-4,7-9,11,13H,5-6,10H2,1-2H3,(H,18,19)/b8-4+. The molecule has 1 aromatic rings. The Bertz CT molecular complexity index is 462. The molecular weight excluding hydrogens is 240 g/mol. The number of hydrogen-bond donors (Lipinski definition) is 1. The van der Waals surface area contributed by atoms with E-state index in [2.05, 4.69) is 23.7 Å². The molecule has 0 aromatic carbocycles. The van der Waals surface area contributed by atoms with Gasteiger partial charge in [0.1, 0.15) is 5.82 Å². The van der Waals surface area contributed by atoms with E-state index in [0.29, 0.717) is 12.0 Å². The lowest BCUT2D eigenvalue weighted by atomic mass is 10.2. The van der Waals surface area contributed by atoms with Crippen molar-refractivity contribution in [3.8, 4) is 0 Å². The zero-order chi connectivity index (χ0) is 13.8. The summed E-state index contributed by atoms with van der Waals surface area (Å²) in [5.41, 5.74) is 0.812. The van der Waals surface area contributed by atoms with Crippen molar-refractivity contribution in [2.75, 3.05) is 11.4 Å². The number of pyridine rings is 1. The van der Waals surface area contributed by atoms with Crippen LogP contribution < -0.4 is 4.90 Å². The quantitative estimate of drug-likeness (QED) is 0.799. The van der Waals surface area contributed by atoms with Crippen LogP contribution in [0.5, 0.6) is 0 Å². The van der Waals surface area contributed by atoms with Crippen LogP contribution in [0.1, 0.15) is 32.3 Å². The summed E-state index contributed by atoms with van der Waals surface area (Å²) in [5, 5.41) is 8.58. The van der Waals surface area contributed by atoms with Crippen LogP contribution in [0.4, 0.5) is 5.82 Å². The molecule has 0 unspecified atom stereocenters. The predicted molar refractivity (Wildman–Crippen MR) is 76.1 cm³/mol. The first kappa shape index (κ1) is 13.6. The van der Waals surface area contributed by atoms with Crippen molar-refractivity contribution in [1.29, 1.82) is 0 Å². The van der Waals surface area contributed by atoms with E-state index in [4.69, 9.17) is 5.11 Å². The first-order valence-electron chi connectivity index (χ1n) is 6.70. The van der Waals surface area contributed by atoms with Crippen LogP contribution in [0.3, 0.4) is 0 Å². The Morgan fingerprint density at radius 3 is 2.74 bits per heavy atom. The molecule has 0 aliphatic heterocycles. The third-order valence-corrected chi connectivity index (χ3v) is 3.03. The van der Waals surface area contributed by atoms with Gasteiger partial charge in [0.15, 0.2) is 0 Å². The topological polar surface area (TPSA) is 53.4 Å². The molecule has 1 saturated carbocycles. The van der Waals surface area contributed by atoms with Crippen LogP contribution >= 0.6 is 0 Å². The molecule has 2 rings (SSSR count). The third-order valence-electron chi connectivity index (χ3n) is 3.03. The van der Waals surface area contributed by atoms with Gasteiger partial charge in [-0.05, 0) is 42.5 Å². The minimum absolute atomic E-state index is 0.606. The van der Waals surface area contributed by atoms with Crippen LogP contribution in [0, 0.1) is 5.92 Å². The molecule has 0 amide bonds. The van der Waals surface area contributed by atoms with Gasteiger partial charge in [0.05, 0.1) is 0 Å². The molecule has 4 heteroatoms. The summed E-state index contributed by atoms with van der Waals surface area (Å²) in [6.07, 6.45) is 6.90. The molecular formula is C15H20N2O2. The second-order valence-electron chi connectivity index (χ2n) is 5.40. The Labute approximate surface area is 113 Å². The van der Waals surface area contributed by atoms with E-state index in [1.807, 2.05) is 12.1 Å². The molecule has 0 saturated heterocycles. The Kier molecular flexibility index (Phi) is 4.20. The van der Waals surface area contributed by atoms with Gasteiger partial charge in [-0.1, -0.05) is 13.8 Å². The Morgan fingerprint density at radius 1 is 1.53 bits per heavy atom. The van der Waals surface area contributed by atoms with Crippen molar-refractivity contribution < 1.29 is 9.90 Å². The van der Waals surface area contributed by atoms with Gasteiger partial charge in [-0.15, -0.1) is 0 Å². The Balaban J connectivity index is 2.09. The number of aromatic nitrogens is 1. The van der Waals surface area contributed by atoms with E-state index in [1.165, 1.54) is 12.8 Å². The van der Waals surface area contributed by atoms with Gasteiger partial charge in [0.25, 0.3) is 0 Å². The molecule has 102 valence electrons. The highest BCUT2D eigenvalue weighted by molar-refractivity contribution is 5.85. The number of rotatable bonds is 6. The number of carboxylic acid groups (broad SMARTS) is 1. The molecule has 0 atom stereocenters. The summed E-state index contributed by atoms with van der Waals surface area (Å²) in [7, 11) is 0. The van der Waals surface area contributed by atoms with Gasteiger partial charge in [0.2, 0.25) is 0 Å².